The van der Waals surface area contributed by atoms with Crippen molar-refractivity contribution in [1.29, 1.82) is 0 Å². The van der Waals surface area contributed by atoms with Gasteiger partial charge in [0.2, 0.25) is 5.91 Å². The lowest BCUT2D eigenvalue weighted by atomic mass is 9.95. The van der Waals surface area contributed by atoms with Crippen LogP contribution in [0.3, 0.4) is 0 Å². The fraction of sp³-hybridized carbons (Fsp3) is 0.238. The SMILES string of the molecule is CSC1=NN2[C@H](c3cc(Br)cc(Br)c3OC(C)=O)N(C(C)=O)c3ccccc3[C@@H]2C(=O)N1. The fourth-order valence-corrected chi connectivity index (χ4v) is 5.61. The lowest BCUT2D eigenvalue weighted by Crippen LogP contribution is -2.55. The lowest BCUT2D eigenvalue weighted by Gasteiger charge is -2.48. The first-order valence-corrected chi connectivity index (χ1v) is 12.3. The quantitative estimate of drug-likeness (QED) is 0.420. The Balaban J connectivity index is 2.05. The summed E-state index contributed by atoms with van der Waals surface area (Å²) in [6.45, 7) is 2.75. The summed E-state index contributed by atoms with van der Waals surface area (Å²) in [5.41, 5.74) is 1.74. The smallest absolute Gasteiger partial charge is 0.308 e. The highest BCUT2D eigenvalue weighted by Gasteiger charge is 2.47. The molecule has 2 atom stereocenters. The standard InChI is InChI=1S/C21H18Br2N4O4S/c1-10(28)26-16-7-5-4-6-13(16)17-19(30)24-21(32-3)25-27(17)20(26)14-8-12(22)9-15(23)18(14)31-11(2)29/h4-9,17,20H,1-3H3,(H,24,25,30)/t17-,20-/m1/s1. The maximum absolute atomic E-state index is 13.2. The van der Waals surface area contributed by atoms with Crippen molar-refractivity contribution in [2.45, 2.75) is 26.1 Å². The molecule has 166 valence electrons. The van der Waals surface area contributed by atoms with Crippen molar-refractivity contribution in [1.82, 2.24) is 10.3 Å². The maximum atomic E-state index is 13.2. The first-order chi connectivity index (χ1) is 15.2. The van der Waals surface area contributed by atoms with Crippen molar-refractivity contribution in [3.05, 3.63) is 56.5 Å². The molecular formula is C21H18Br2N4O4S. The second-order valence-corrected chi connectivity index (χ2v) is 9.67. The van der Waals surface area contributed by atoms with Gasteiger partial charge in [0, 0.05) is 29.4 Å². The third-order valence-corrected chi connectivity index (χ3v) is 6.65. The number of anilines is 1. The number of hydrogen-bond donors (Lipinski definition) is 1. The van der Waals surface area contributed by atoms with E-state index < -0.39 is 18.2 Å². The summed E-state index contributed by atoms with van der Waals surface area (Å²) in [5.74, 6) is -0.770. The molecule has 1 N–H and O–H groups in total. The molecule has 0 saturated heterocycles. The van der Waals surface area contributed by atoms with E-state index in [0.717, 1.165) is 0 Å². The Morgan fingerprint density at radius 3 is 2.53 bits per heavy atom. The molecule has 2 aromatic rings. The van der Waals surface area contributed by atoms with Crippen LogP contribution in [0.5, 0.6) is 5.75 Å². The number of carbonyl (C=O) groups is 3. The van der Waals surface area contributed by atoms with E-state index in [4.69, 9.17) is 4.74 Å². The first-order valence-electron chi connectivity index (χ1n) is 9.50. The van der Waals surface area contributed by atoms with Crippen LogP contribution in [0, 0.1) is 0 Å². The van der Waals surface area contributed by atoms with Crippen LogP contribution >= 0.6 is 43.6 Å². The topological polar surface area (TPSA) is 91.3 Å². The minimum absolute atomic E-state index is 0.252. The number of hydrazone groups is 1. The van der Waals surface area contributed by atoms with E-state index in [0.29, 0.717) is 30.9 Å². The van der Waals surface area contributed by atoms with Gasteiger partial charge in [0.1, 0.15) is 0 Å². The molecule has 0 fully saturated rings. The van der Waals surface area contributed by atoms with Gasteiger partial charge in [-0.2, -0.15) is 0 Å². The summed E-state index contributed by atoms with van der Waals surface area (Å²) in [6, 6.07) is 9.95. The second kappa shape index (κ2) is 8.87. The van der Waals surface area contributed by atoms with Crippen LogP contribution in [-0.2, 0) is 14.4 Å². The molecule has 4 rings (SSSR count). The Labute approximate surface area is 205 Å². The zero-order valence-electron chi connectivity index (χ0n) is 17.3. The van der Waals surface area contributed by atoms with Crippen molar-refractivity contribution in [3.8, 4) is 5.75 Å². The highest BCUT2D eigenvalue weighted by atomic mass is 79.9. The van der Waals surface area contributed by atoms with Gasteiger partial charge in [-0.3, -0.25) is 24.3 Å². The lowest BCUT2D eigenvalue weighted by molar-refractivity contribution is -0.132. The molecule has 2 amide bonds. The second-order valence-electron chi connectivity index (χ2n) is 7.10. The van der Waals surface area contributed by atoms with E-state index in [9.17, 15) is 14.4 Å². The molecule has 11 heteroatoms. The molecule has 2 aromatic carbocycles. The Hall–Kier alpha value is -2.37. The van der Waals surface area contributed by atoms with Crippen molar-refractivity contribution in [3.63, 3.8) is 0 Å². The van der Waals surface area contributed by atoms with E-state index >= 15 is 0 Å². The number of amidine groups is 1. The summed E-state index contributed by atoms with van der Waals surface area (Å²) in [4.78, 5) is 39.6. The first kappa shape index (κ1) is 22.8. The summed E-state index contributed by atoms with van der Waals surface area (Å²) in [5, 5.41) is 9.47. The molecule has 0 saturated carbocycles. The van der Waals surface area contributed by atoms with Crippen molar-refractivity contribution in [2.75, 3.05) is 11.2 Å². The van der Waals surface area contributed by atoms with E-state index in [1.807, 2.05) is 18.2 Å². The van der Waals surface area contributed by atoms with Crippen LogP contribution in [-0.4, -0.2) is 34.2 Å². The molecular weight excluding hydrogens is 564 g/mol. The summed E-state index contributed by atoms with van der Waals surface area (Å²) in [6.07, 6.45) is 0.957. The van der Waals surface area contributed by atoms with Crippen molar-refractivity contribution in [2.24, 2.45) is 5.10 Å². The van der Waals surface area contributed by atoms with Crippen LogP contribution in [0.4, 0.5) is 5.69 Å². The molecule has 2 heterocycles. The number of nitrogens with zero attached hydrogens (tertiary/aromatic N) is 3. The number of benzene rings is 2. The number of ether oxygens (including phenoxy) is 1. The molecule has 2 aliphatic rings. The van der Waals surface area contributed by atoms with E-state index in [2.05, 4.69) is 42.3 Å². The zero-order valence-corrected chi connectivity index (χ0v) is 21.2. The molecule has 0 spiro atoms. The molecule has 0 aliphatic carbocycles. The van der Waals surface area contributed by atoms with Gasteiger partial charge in [-0.1, -0.05) is 45.9 Å². The molecule has 2 aliphatic heterocycles. The Kier molecular flexibility index (Phi) is 6.33. The van der Waals surface area contributed by atoms with Crippen LogP contribution in [0.15, 0.2) is 50.4 Å². The summed E-state index contributed by atoms with van der Waals surface area (Å²) in [7, 11) is 0. The van der Waals surface area contributed by atoms with Gasteiger partial charge >= 0.3 is 5.97 Å². The predicted octanol–water partition coefficient (Wildman–Crippen LogP) is 4.31. The average Bonchev–Trinajstić information content (AvgIpc) is 2.73. The number of nitrogens with one attached hydrogen (secondary N) is 1. The molecule has 0 radical (unpaired) electrons. The van der Waals surface area contributed by atoms with Crippen LogP contribution in [0.2, 0.25) is 0 Å². The monoisotopic (exact) mass is 580 g/mol. The zero-order chi connectivity index (χ0) is 23.2. The van der Waals surface area contributed by atoms with Gasteiger partial charge in [0.15, 0.2) is 23.1 Å². The van der Waals surface area contributed by atoms with Gasteiger partial charge in [0.05, 0.1) is 10.2 Å². The van der Waals surface area contributed by atoms with E-state index in [1.165, 1.54) is 25.6 Å². The minimum Gasteiger partial charge on any atom is -0.425 e. The summed E-state index contributed by atoms with van der Waals surface area (Å²) >= 11 is 8.22. The number of esters is 1. The molecule has 32 heavy (non-hydrogen) atoms. The highest BCUT2D eigenvalue weighted by molar-refractivity contribution is 9.11. The van der Waals surface area contributed by atoms with Gasteiger partial charge < -0.3 is 10.1 Å². The number of thioether (sulfide) groups is 1. The van der Waals surface area contributed by atoms with Gasteiger partial charge in [-0.05, 0) is 40.4 Å². The number of amides is 2. The van der Waals surface area contributed by atoms with Crippen LogP contribution in [0.25, 0.3) is 0 Å². The third kappa shape index (κ3) is 3.93. The van der Waals surface area contributed by atoms with Gasteiger partial charge in [-0.25, -0.2) is 0 Å². The number of hydrogen-bond acceptors (Lipinski definition) is 7. The normalized spacial score (nSPS) is 19.5. The Morgan fingerprint density at radius 1 is 1.16 bits per heavy atom. The molecule has 8 nitrogen and oxygen atoms in total. The van der Waals surface area contributed by atoms with E-state index in [-0.39, 0.29) is 17.6 Å². The number of fused-ring (bicyclic) bond motifs is 3. The number of rotatable bonds is 2. The van der Waals surface area contributed by atoms with Crippen molar-refractivity contribution >= 4 is 72.3 Å². The summed E-state index contributed by atoms with van der Waals surface area (Å²) < 4.78 is 6.75. The Bertz CT molecular complexity index is 1170. The van der Waals surface area contributed by atoms with Crippen LogP contribution in [0.1, 0.15) is 37.2 Å². The Morgan fingerprint density at radius 2 is 1.88 bits per heavy atom. The third-order valence-electron chi connectivity index (χ3n) is 5.03. The number of halogens is 2. The molecule has 0 aromatic heterocycles. The number of para-hydroxylation sites is 1. The molecule has 0 unspecified atom stereocenters. The van der Waals surface area contributed by atoms with Gasteiger partial charge in [0.25, 0.3) is 5.91 Å². The van der Waals surface area contributed by atoms with Crippen molar-refractivity contribution < 1.29 is 19.1 Å². The van der Waals surface area contributed by atoms with Crippen LogP contribution < -0.4 is 15.0 Å². The predicted molar refractivity (Wildman–Crippen MR) is 129 cm³/mol. The highest BCUT2D eigenvalue weighted by Crippen LogP contribution is 2.50. The minimum atomic E-state index is -0.844. The maximum Gasteiger partial charge on any atom is 0.308 e. The van der Waals surface area contributed by atoms with E-state index in [1.54, 1.807) is 34.4 Å². The van der Waals surface area contributed by atoms with Gasteiger partial charge in [-0.15, -0.1) is 5.10 Å². The average molecular weight is 582 g/mol. The molecule has 0 bridgehead atoms. The largest absolute Gasteiger partial charge is 0.425 e. The number of carbonyl (C=O) groups excluding carboxylic acids is 3. The fourth-order valence-electron chi connectivity index (χ4n) is 3.89.